The van der Waals surface area contributed by atoms with Gasteiger partial charge in [0.15, 0.2) is 0 Å². The van der Waals surface area contributed by atoms with Gasteiger partial charge in [-0.2, -0.15) is 0 Å². The van der Waals surface area contributed by atoms with Crippen LogP contribution < -0.4 is 0 Å². The zero-order valence-electron chi connectivity index (χ0n) is 7.05. The van der Waals surface area contributed by atoms with E-state index in [4.69, 9.17) is 5.11 Å². The Labute approximate surface area is 67.6 Å². The van der Waals surface area contributed by atoms with Gasteiger partial charge in [-0.25, -0.2) is 0 Å². The Bertz CT molecular complexity index is 142. The van der Waals surface area contributed by atoms with Crippen LogP contribution in [0.3, 0.4) is 0 Å². The van der Waals surface area contributed by atoms with Crippen LogP contribution in [0.2, 0.25) is 0 Å². The lowest BCUT2D eigenvalue weighted by molar-refractivity contribution is -0.138. The van der Waals surface area contributed by atoms with Crippen molar-refractivity contribution in [1.82, 2.24) is 0 Å². The molecule has 0 aromatic rings. The molecule has 2 nitrogen and oxygen atoms in total. The lowest BCUT2D eigenvalue weighted by Crippen LogP contribution is -1.99. The SMILES string of the molecule is CCCCCC1CC1C(=O)O. The Morgan fingerprint density at radius 1 is 1.55 bits per heavy atom. The second-order valence-corrected chi connectivity index (χ2v) is 3.44. The summed E-state index contributed by atoms with van der Waals surface area (Å²) >= 11 is 0. The van der Waals surface area contributed by atoms with Crippen LogP contribution in [0.25, 0.3) is 0 Å². The summed E-state index contributed by atoms with van der Waals surface area (Å²) < 4.78 is 0. The van der Waals surface area contributed by atoms with Crippen molar-refractivity contribution in [3.63, 3.8) is 0 Å². The number of carbonyl (C=O) groups is 1. The summed E-state index contributed by atoms with van der Waals surface area (Å²) in [4.78, 5) is 10.4. The van der Waals surface area contributed by atoms with Gasteiger partial charge in [-0.05, 0) is 18.8 Å². The van der Waals surface area contributed by atoms with Gasteiger partial charge in [0, 0.05) is 0 Å². The number of rotatable bonds is 5. The van der Waals surface area contributed by atoms with Crippen molar-refractivity contribution >= 4 is 5.97 Å². The minimum absolute atomic E-state index is 0.00635. The first-order chi connectivity index (χ1) is 5.25. The van der Waals surface area contributed by atoms with Gasteiger partial charge in [0.1, 0.15) is 0 Å². The summed E-state index contributed by atoms with van der Waals surface area (Å²) in [6.45, 7) is 2.17. The van der Waals surface area contributed by atoms with Gasteiger partial charge in [0.05, 0.1) is 5.92 Å². The second-order valence-electron chi connectivity index (χ2n) is 3.44. The maximum absolute atomic E-state index is 10.4. The third-order valence-electron chi connectivity index (χ3n) is 2.42. The molecule has 1 aliphatic carbocycles. The van der Waals surface area contributed by atoms with Crippen molar-refractivity contribution in [2.75, 3.05) is 0 Å². The lowest BCUT2D eigenvalue weighted by atomic mass is 10.1. The zero-order valence-corrected chi connectivity index (χ0v) is 7.05. The molecule has 1 aliphatic rings. The van der Waals surface area contributed by atoms with Gasteiger partial charge in [-0.3, -0.25) is 4.79 Å². The molecule has 0 radical (unpaired) electrons. The minimum Gasteiger partial charge on any atom is -0.481 e. The van der Waals surface area contributed by atoms with Gasteiger partial charge in [0.25, 0.3) is 0 Å². The van der Waals surface area contributed by atoms with E-state index in [0.29, 0.717) is 5.92 Å². The van der Waals surface area contributed by atoms with Crippen LogP contribution in [0, 0.1) is 11.8 Å². The molecule has 1 N–H and O–H groups in total. The van der Waals surface area contributed by atoms with Crippen molar-refractivity contribution in [2.24, 2.45) is 11.8 Å². The van der Waals surface area contributed by atoms with Crippen molar-refractivity contribution < 1.29 is 9.90 Å². The van der Waals surface area contributed by atoms with E-state index < -0.39 is 5.97 Å². The Morgan fingerprint density at radius 3 is 2.73 bits per heavy atom. The Morgan fingerprint density at radius 2 is 2.27 bits per heavy atom. The third kappa shape index (κ3) is 2.52. The molecule has 0 amide bonds. The van der Waals surface area contributed by atoms with Crippen molar-refractivity contribution in [3.8, 4) is 0 Å². The average Bonchev–Trinajstić information content (AvgIpc) is 2.68. The molecule has 0 aliphatic heterocycles. The van der Waals surface area contributed by atoms with Crippen LogP contribution in [-0.4, -0.2) is 11.1 Å². The van der Waals surface area contributed by atoms with Crippen molar-refractivity contribution in [1.29, 1.82) is 0 Å². The highest BCUT2D eigenvalue weighted by Gasteiger charge is 2.41. The molecule has 1 saturated carbocycles. The summed E-state index contributed by atoms with van der Waals surface area (Å²) in [5.41, 5.74) is 0. The monoisotopic (exact) mass is 156 g/mol. The van der Waals surface area contributed by atoms with Gasteiger partial charge < -0.3 is 5.11 Å². The summed E-state index contributed by atoms with van der Waals surface area (Å²) in [5, 5.41) is 8.58. The third-order valence-corrected chi connectivity index (χ3v) is 2.42. The smallest absolute Gasteiger partial charge is 0.306 e. The molecule has 2 heteroatoms. The van der Waals surface area contributed by atoms with Crippen molar-refractivity contribution in [3.05, 3.63) is 0 Å². The largest absolute Gasteiger partial charge is 0.481 e. The summed E-state index contributed by atoms with van der Waals surface area (Å²) in [6, 6.07) is 0. The fourth-order valence-electron chi connectivity index (χ4n) is 1.53. The maximum Gasteiger partial charge on any atom is 0.306 e. The number of unbranched alkanes of at least 4 members (excludes halogenated alkanes) is 2. The highest BCUT2D eigenvalue weighted by atomic mass is 16.4. The molecule has 2 unspecified atom stereocenters. The van der Waals surface area contributed by atoms with Gasteiger partial charge >= 0.3 is 5.97 Å². The molecular weight excluding hydrogens is 140 g/mol. The quantitative estimate of drug-likeness (QED) is 0.620. The number of carboxylic acid groups (broad SMARTS) is 1. The Kier molecular flexibility index (Phi) is 2.92. The number of hydrogen-bond acceptors (Lipinski definition) is 1. The first-order valence-corrected chi connectivity index (χ1v) is 4.48. The molecule has 1 rings (SSSR count). The van der Waals surface area contributed by atoms with Crippen LogP contribution >= 0.6 is 0 Å². The summed E-state index contributed by atoms with van der Waals surface area (Å²) in [7, 11) is 0. The topological polar surface area (TPSA) is 37.3 Å². The molecule has 2 atom stereocenters. The van der Waals surface area contributed by atoms with E-state index in [2.05, 4.69) is 6.92 Å². The van der Waals surface area contributed by atoms with Crippen molar-refractivity contribution in [2.45, 2.75) is 39.0 Å². The molecule has 0 aromatic carbocycles. The highest BCUT2D eigenvalue weighted by molar-refractivity contribution is 5.73. The van der Waals surface area contributed by atoms with Crippen LogP contribution in [0.4, 0.5) is 0 Å². The minimum atomic E-state index is -0.591. The Hall–Kier alpha value is -0.530. The van der Waals surface area contributed by atoms with E-state index in [1.54, 1.807) is 0 Å². The molecule has 0 bridgehead atoms. The predicted octanol–water partition coefficient (Wildman–Crippen LogP) is 2.29. The fraction of sp³-hybridized carbons (Fsp3) is 0.889. The van der Waals surface area contributed by atoms with Crippen LogP contribution in [0.5, 0.6) is 0 Å². The van der Waals surface area contributed by atoms with E-state index in [-0.39, 0.29) is 5.92 Å². The average molecular weight is 156 g/mol. The molecule has 64 valence electrons. The summed E-state index contributed by atoms with van der Waals surface area (Å²) in [5.74, 6) is -0.0718. The molecule has 11 heavy (non-hydrogen) atoms. The lowest BCUT2D eigenvalue weighted by Gasteiger charge is -1.95. The van der Waals surface area contributed by atoms with Gasteiger partial charge in [-0.1, -0.05) is 26.2 Å². The predicted molar refractivity (Wildman–Crippen MR) is 43.4 cm³/mol. The number of carboxylic acids is 1. The fourth-order valence-corrected chi connectivity index (χ4v) is 1.53. The normalized spacial score (nSPS) is 28.5. The number of aliphatic carboxylic acids is 1. The van der Waals surface area contributed by atoms with Crippen LogP contribution in [-0.2, 0) is 4.79 Å². The first-order valence-electron chi connectivity index (χ1n) is 4.48. The molecule has 0 aromatic heterocycles. The summed E-state index contributed by atoms with van der Waals surface area (Å²) in [6.07, 6.45) is 5.75. The molecule has 0 saturated heterocycles. The highest BCUT2D eigenvalue weighted by Crippen LogP contribution is 2.42. The van der Waals surface area contributed by atoms with E-state index in [9.17, 15) is 4.79 Å². The zero-order chi connectivity index (χ0) is 8.27. The molecule has 0 spiro atoms. The van der Waals surface area contributed by atoms with Crippen LogP contribution in [0.1, 0.15) is 39.0 Å². The molecule has 1 fully saturated rings. The molecule has 0 heterocycles. The Balaban J connectivity index is 2.00. The number of hydrogen-bond donors (Lipinski definition) is 1. The van der Waals surface area contributed by atoms with Gasteiger partial charge in [-0.15, -0.1) is 0 Å². The van der Waals surface area contributed by atoms with E-state index >= 15 is 0 Å². The second kappa shape index (κ2) is 3.74. The van der Waals surface area contributed by atoms with E-state index in [0.717, 1.165) is 12.8 Å². The van der Waals surface area contributed by atoms with E-state index in [1.165, 1.54) is 19.3 Å². The molecular formula is C9H16O2. The van der Waals surface area contributed by atoms with Gasteiger partial charge in [0.2, 0.25) is 0 Å². The van der Waals surface area contributed by atoms with E-state index in [1.807, 2.05) is 0 Å². The maximum atomic E-state index is 10.4. The first kappa shape index (κ1) is 8.57. The van der Waals surface area contributed by atoms with Crippen LogP contribution in [0.15, 0.2) is 0 Å². The standard InChI is InChI=1S/C9H16O2/c1-2-3-4-5-7-6-8(7)9(10)11/h7-8H,2-6H2,1H3,(H,10,11).